The van der Waals surface area contributed by atoms with E-state index < -0.39 is 55.0 Å². The first-order valence-corrected chi connectivity index (χ1v) is 15.6. The average molecular weight is 580 g/mol. The Bertz CT molecular complexity index is 1730. The van der Waals surface area contributed by atoms with Crippen LogP contribution in [0, 0.1) is 0 Å². The van der Waals surface area contributed by atoms with E-state index in [9.17, 15) is 0 Å². The molecule has 3 aliphatic heterocycles. The van der Waals surface area contributed by atoms with Crippen LogP contribution in [-0.2, 0) is 27.9 Å². The maximum atomic E-state index is 6.66. The van der Waals surface area contributed by atoms with Gasteiger partial charge in [-0.3, -0.25) is 0 Å². The quantitative estimate of drug-likeness (QED) is 0.237. The summed E-state index contributed by atoms with van der Waals surface area (Å²) in [5.41, 5.74) is 0.316. The molecule has 0 N–H and O–H groups in total. The van der Waals surface area contributed by atoms with Gasteiger partial charge in [0.25, 0.3) is 0 Å². The van der Waals surface area contributed by atoms with Gasteiger partial charge in [0.2, 0.25) is 0 Å². The predicted molar refractivity (Wildman–Crippen MR) is 177 cm³/mol. The normalized spacial score (nSPS) is 25.2. The minimum absolute atomic E-state index is 0.423. The molecule has 0 saturated carbocycles. The highest BCUT2D eigenvalue weighted by molar-refractivity contribution is 6.68. The third kappa shape index (κ3) is 4.26. The second kappa shape index (κ2) is 8.77. The molecule has 224 valence electrons. The van der Waals surface area contributed by atoms with Crippen LogP contribution in [0.1, 0.15) is 83.1 Å². The van der Waals surface area contributed by atoms with Crippen LogP contribution in [0.2, 0.25) is 0 Å². The predicted octanol–water partition coefficient (Wildman–Crippen LogP) is 5.48. The number of benzene rings is 4. The van der Waals surface area contributed by atoms with Crippen molar-refractivity contribution in [3.05, 3.63) is 42.5 Å². The van der Waals surface area contributed by atoms with E-state index in [0.717, 1.165) is 37.9 Å². The summed E-state index contributed by atoms with van der Waals surface area (Å²) in [7, 11) is -1.47. The fourth-order valence-corrected chi connectivity index (χ4v) is 6.39. The third-order valence-electron chi connectivity index (χ3n) is 11.3. The Morgan fingerprint density at radius 2 is 0.744 bits per heavy atom. The fourth-order valence-electron chi connectivity index (χ4n) is 6.39. The van der Waals surface area contributed by atoms with Gasteiger partial charge in [0.1, 0.15) is 0 Å². The zero-order chi connectivity index (χ0) is 31.1. The summed E-state index contributed by atoms with van der Waals surface area (Å²) in [4.78, 5) is 0. The van der Waals surface area contributed by atoms with Crippen molar-refractivity contribution in [2.45, 2.75) is 117 Å². The average Bonchev–Trinajstić information content (AvgIpc) is 3.35. The molecule has 3 aliphatic rings. The van der Waals surface area contributed by atoms with Crippen LogP contribution in [0.15, 0.2) is 42.5 Å². The third-order valence-corrected chi connectivity index (χ3v) is 11.3. The second-order valence-electron chi connectivity index (χ2n) is 15.8. The highest BCUT2D eigenvalue weighted by atomic mass is 16.7. The monoisotopic (exact) mass is 580 g/mol. The largest absolute Gasteiger partial charge is 0.495 e. The SMILES string of the molecule is CC1(C)OB(c2cc3ccc4cc(B5OC(C)(C)C(C)(C)O5)cc5c(B6OC(C)(C)C(C)(C)O6)cc(c2)c3c45)OC1(C)C. The molecule has 0 aromatic heterocycles. The van der Waals surface area contributed by atoms with E-state index >= 15 is 0 Å². The van der Waals surface area contributed by atoms with Gasteiger partial charge in [-0.05, 0) is 132 Å². The molecular formula is C34H43B3O6. The lowest BCUT2D eigenvalue weighted by atomic mass is 9.69. The molecule has 0 amide bonds. The van der Waals surface area contributed by atoms with Gasteiger partial charge < -0.3 is 27.9 Å². The molecule has 0 spiro atoms. The van der Waals surface area contributed by atoms with Gasteiger partial charge in [-0.1, -0.05) is 42.5 Å². The topological polar surface area (TPSA) is 55.4 Å². The molecule has 43 heavy (non-hydrogen) atoms. The molecule has 9 heteroatoms. The summed E-state index contributed by atoms with van der Waals surface area (Å²) in [5.74, 6) is 0. The Morgan fingerprint density at radius 1 is 0.395 bits per heavy atom. The van der Waals surface area contributed by atoms with Crippen LogP contribution >= 0.6 is 0 Å². The highest BCUT2D eigenvalue weighted by Crippen LogP contribution is 2.41. The van der Waals surface area contributed by atoms with Crippen molar-refractivity contribution in [2.75, 3.05) is 0 Å². The summed E-state index contributed by atoms with van der Waals surface area (Å²) in [6.07, 6.45) is 0. The second-order valence-corrected chi connectivity index (χ2v) is 15.8. The summed E-state index contributed by atoms with van der Waals surface area (Å²) < 4.78 is 39.3. The van der Waals surface area contributed by atoms with Crippen molar-refractivity contribution in [1.82, 2.24) is 0 Å². The smallest absolute Gasteiger partial charge is 0.399 e. The highest BCUT2D eigenvalue weighted by Gasteiger charge is 2.54. The summed E-state index contributed by atoms with van der Waals surface area (Å²) in [5, 5.41) is 6.84. The lowest BCUT2D eigenvalue weighted by Gasteiger charge is -2.32. The lowest BCUT2D eigenvalue weighted by molar-refractivity contribution is 0.00578. The molecule has 0 aliphatic carbocycles. The molecule has 3 fully saturated rings. The van der Waals surface area contributed by atoms with E-state index in [1.165, 1.54) is 10.8 Å². The molecule has 6 nitrogen and oxygen atoms in total. The zero-order valence-corrected chi connectivity index (χ0v) is 27.7. The van der Waals surface area contributed by atoms with Crippen LogP contribution in [-0.4, -0.2) is 55.0 Å². The molecule has 0 unspecified atom stereocenters. The Labute approximate surface area is 256 Å². The summed E-state index contributed by atoms with van der Waals surface area (Å²) >= 11 is 0. The van der Waals surface area contributed by atoms with Gasteiger partial charge in [-0.15, -0.1) is 0 Å². The summed E-state index contributed by atoms with van der Waals surface area (Å²) in [6.45, 7) is 25.1. The van der Waals surface area contributed by atoms with Crippen molar-refractivity contribution in [3.63, 3.8) is 0 Å². The Kier molecular flexibility index (Phi) is 6.04. The van der Waals surface area contributed by atoms with Crippen molar-refractivity contribution >= 4 is 70.1 Å². The first-order chi connectivity index (χ1) is 19.7. The van der Waals surface area contributed by atoms with Crippen LogP contribution in [0.4, 0.5) is 0 Å². The molecule has 4 aromatic carbocycles. The lowest BCUT2D eigenvalue weighted by Crippen LogP contribution is -2.41. The van der Waals surface area contributed by atoms with Crippen LogP contribution in [0.3, 0.4) is 0 Å². The Balaban J connectivity index is 1.45. The van der Waals surface area contributed by atoms with E-state index in [2.05, 4.69) is 126 Å². The molecule has 3 heterocycles. The van der Waals surface area contributed by atoms with Gasteiger partial charge in [-0.25, -0.2) is 0 Å². The standard InChI is InChI=1S/C34H43B3O6/c1-29(2)30(3,4)39-35(38-29)23-15-20-13-14-21-16-24(36-40-31(5,6)32(7,8)41-36)19-25-26(18-22(17-23)27(20)28(21)25)37-42-33(9,10)34(11,12)43-37/h13-19H,1-12H3. The van der Waals surface area contributed by atoms with E-state index in [-0.39, 0.29) is 0 Å². The molecule has 0 radical (unpaired) electrons. The van der Waals surface area contributed by atoms with Gasteiger partial charge in [-0.2, -0.15) is 0 Å². The van der Waals surface area contributed by atoms with Gasteiger partial charge in [0.15, 0.2) is 0 Å². The maximum Gasteiger partial charge on any atom is 0.495 e. The van der Waals surface area contributed by atoms with Crippen LogP contribution < -0.4 is 16.4 Å². The minimum Gasteiger partial charge on any atom is -0.399 e. The van der Waals surface area contributed by atoms with Crippen molar-refractivity contribution in [1.29, 1.82) is 0 Å². The van der Waals surface area contributed by atoms with E-state index in [0.29, 0.717) is 0 Å². The first kappa shape index (κ1) is 29.6. The zero-order valence-electron chi connectivity index (χ0n) is 27.7. The molecule has 4 aromatic rings. The number of hydrogen-bond acceptors (Lipinski definition) is 6. The van der Waals surface area contributed by atoms with Crippen molar-refractivity contribution < 1.29 is 27.9 Å². The van der Waals surface area contributed by atoms with Crippen molar-refractivity contribution in [2.24, 2.45) is 0 Å². The van der Waals surface area contributed by atoms with Crippen LogP contribution in [0.25, 0.3) is 32.3 Å². The van der Waals surface area contributed by atoms with E-state index in [4.69, 9.17) is 27.9 Å². The van der Waals surface area contributed by atoms with Gasteiger partial charge in [0, 0.05) is 0 Å². The molecule has 3 saturated heterocycles. The molecule has 7 rings (SSSR count). The van der Waals surface area contributed by atoms with E-state index in [1.807, 2.05) is 0 Å². The molecular weight excluding hydrogens is 537 g/mol. The summed E-state index contributed by atoms with van der Waals surface area (Å²) in [6, 6.07) is 15.5. The fraction of sp³-hybridized carbons (Fsp3) is 0.529. The Hall–Kier alpha value is -2.13. The van der Waals surface area contributed by atoms with Gasteiger partial charge >= 0.3 is 21.4 Å². The van der Waals surface area contributed by atoms with Crippen LogP contribution in [0.5, 0.6) is 0 Å². The van der Waals surface area contributed by atoms with Crippen molar-refractivity contribution in [3.8, 4) is 0 Å². The minimum atomic E-state index is -0.536. The molecule has 0 bridgehead atoms. The Morgan fingerprint density at radius 3 is 1.19 bits per heavy atom. The first-order valence-electron chi connectivity index (χ1n) is 15.6. The number of rotatable bonds is 3. The number of hydrogen-bond donors (Lipinski definition) is 0. The van der Waals surface area contributed by atoms with E-state index in [1.54, 1.807) is 0 Å². The van der Waals surface area contributed by atoms with Gasteiger partial charge in [0.05, 0.1) is 33.6 Å². The maximum absolute atomic E-state index is 6.66. The molecule has 0 atom stereocenters.